The quantitative estimate of drug-likeness (QED) is 0.744. The third-order valence-corrected chi connectivity index (χ3v) is 5.55. The molecule has 0 spiro atoms. The van der Waals surface area contributed by atoms with E-state index in [0.29, 0.717) is 28.3 Å². The molecular formula is C20H30ClN3O3. The number of halogens is 1. The Morgan fingerprint density at radius 2 is 1.93 bits per heavy atom. The molecule has 1 aliphatic rings. The van der Waals surface area contributed by atoms with Crippen LogP contribution in [0.4, 0.5) is 5.69 Å². The van der Waals surface area contributed by atoms with E-state index < -0.39 is 0 Å². The number of carbonyl (C=O) groups excluding carboxylic acids is 2. The Bertz CT molecular complexity index is 668. The molecule has 1 aromatic rings. The van der Waals surface area contributed by atoms with Crippen molar-refractivity contribution in [2.75, 3.05) is 32.6 Å². The fraction of sp³-hybridized carbons (Fsp3) is 0.600. The van der Waals surface area contributed by atoms with Gasteiger partial charge < -0.3 is 15.4 Å². The van der Waals surface area contributed by atoms with Crippen LogP contribution in [0, 0.1) is 11.8 Å². The Morgan fingerprint density at radius 1 is 1.22 bits per heavy atom. The first kappa shape index (κ1) is 21.5. The zero-order valence-electron chi connectivity index (χ0n) is 16.5. The third kappa shape index (κ3) is 6.40. The molecule has 7 heteroatoms. The number of carbonyl (C=O) groups is 2. The molecule has 2 amide bonds. The van der Waals surface area contributed by atoms with Gasteiger partial charge in [0.2, 0.25) is 11.8 Å². The first-order valence-corrected chi connectivity index (χ1v) is 9.79. The predicted octanol–water partition coefficient (Wildman–Crippen LogP) is 3.16. The van der Waals surface area contributed by atoms with Gasteiger partial charge in [-0.25, -0.2) is 0 Å². The van der Waals surface area contributed by atoms with Crippen molar-refractivity contribution < 1.29 is 14.3 Å². The minimum absolute atomic E-state index is 0.0448. The molecule has 6 nitrogen and oxygen atoms in total. The molecule has 150 valence electrons. The minimum Gasteiger partial charge on any atom is -0.495 e. The van der Waals surface area contributed by atoms with Gasteiger partial charge in [0.1, 0.15) is 5.75 Å². The normalized spacial score (nSPS) is 22.4. The lowest BCUT2D eigenvalue weighted by Gasteiger charge is -2.34. The van der Waals surface area contributed by atoms with Gasteiger partial charge in [-0.05, 0) is 43.5 Å². The lowest BCUT2D eigenvalue weighted by atomic mass is 9.78. The van der Waals surface area contributed by atoms with Crippen LogP contribution in [0.5, 0.6) is 5.75 Å². The van der Waals surface area contributed by atoms with E-state index in [1.165, 1.54) is 13.5 Å². The van der Waals surface area contributed by atoms with E-state index >= 15 is 0 Å². The summed E-state index contributed by atoms with van der Waals surface area (Å²) >= 11 is 5.98. The van der Waals surface area contributed by atoms with Crippen LogP contribution in [0.3, 0.4) is 0 Å². The molecule has 1 aliphatic carbocycles. The molecule has 3 atom stereocenters. The summed E-state index contributed by atoms with van der Waals surface area (Å²) < 4.78 is 5.22. The van der Waals surface area contributed by atoms with Crippen molar-refractivity contribution >= 4 is 29.1 Å². The monoisotopic (exact) mass is 395 g/mol. The Hall–Kier alpha value is -1.79. The molecule has 0 radical (unpaired) electrons. The molecule has 3 unspecified atom stereocenters. The van der Waals surface area contributed by atoms with Crippen molar-refractivity contribution in [1.29, 1.82) is 0 Å². The fourth-order valence-electron chi connectivity index (χ4n) is 3.55. The topological polar surface area (TPSA) is 70.7 Å². The summed E-state index contributed by atoms with van der Waals surface area (Å²) in [6.07, 6.45) is 3.40. The van der Waals surface area contributed by atoms with Crippen molar-refractivity contribution in [3.8, 4) is 5.75 Å². The van der Waals surface area contributed by atoms with Crippen molar-refractivity contribution in [3.05, 3.63) is 23.2 Å². The van der Waals surface area contributed by atoms with Gasteiger partial charge >= 0.3 is 0 Å². The molecule has 1 saturated carbocycles. The first-order chi connectivity index (χ1) is 12.8. The van der Waals surface area contributed by atoms with E-state index in [1.807, 2.05) is 0 Å². The Labute approximate surface area is 166 Å². The Kier molecular flexibility index (Phi) is 7.92. The number of ether oxygens (including phenoxy) is 1. The van der Waals surface area contributed by atoms with Gasteiger partial charge in [-0.15, -0.1) is 0 Å². The van der Waals surface area contributed by atoms with Gasteiger partial charge in [-0.1, -0.05) is 38.3 Å². The highest BCUT2D eigenvalue weighted by molar-refractivity contribution is 6.31. The maximum Gasteiger partial charge on any atom is 0.238 e. The van der Waals surface area contributed by atoms with Crippen LogP contribution in [0.25, 0.3) is 0 Å². The smallest absolute Gasteiger partial charge is 0.238 e. The molecule has 0 aliphatic heterocycles. The summed E-state index contributed by atoms with van der Waals surface area (Å²) in [7, 11) is 3.28. The number of anilines is 1. The summed E-state index contributed by atoms with van der Waals surface area (Å²) in [5, 5.41) is 6.42. The van der Waals surface area contributed by atoms with Gasteiger partial charge in [-0.3, -0.25) is 14.5 Å². The molecular weight excluding hydrogens is 366 g/mol. The number of amides is 2. The van der Waals surface area contributed by atoms with E-state index in [1.54, 1.807) is 30.1 Å². The Balaban J connectivity index is 1.82. The molecule has 0 bridgehead atoms. The largest absolute Gasteiger partial charge is 0.495 e. The van der Waals surface area contributed by atoms with E-state index in [0.717, 1.165) is 12.8 Å². The number of rotatable bonds is 7. The van der Waals surface area contributed by atoms with Crippen molar-refractivity contribution in [3.63, 3.8) is 0 Å². The summed E-state index contributed by atoms with van der Waals surface area (Å²) in [4.78, 5) is 26.3. The lowest BCUT2D eigenvalue weighted by molar-refractivity contribution is -0.124. The number of nitrogens with zero attached hydrogens (tertiary/aromatic N) is 1. The van der Waals surface area contributed by atoms with Crippen molar-refractivity contribution in [2.45, 2.75) is 39.2 Å². The van der Waals surface area contributed by atoms with Crippen LogP contribution in [0.2, 0.25) is 5.02 Å². The van der Waals surface area contributed by atoms with Gasteiger partial charge in [0, 0.05) is 11.1 Å². The van der Waals surface area contributed by atoms with E-state index in [4.69, 9.17) is 16.3 Å². The summed E-state index contributed by atoms with van der Waals surface area (Å²) in [5.41, 5.74) is 0.512. The third-order valence-electron chi connectivity index (χ3n) is 5.32. The van der Waals surface area contributed by atoms with Crippen LogP contribution in [0.15, 0.2) is 18.2 Å². The van der Waals surface area contributed by atoms with Crippen LogP contribution < -0.4 is 15.4 Å². The lowest BCUT2D eigenvalue weighted by Crippen LogP contribution is -2.47. The predicted molar refractivity (Wildman–Crippen MR) is 108 cm³/mol. The molecule has 1 aromatic carbocycles. The van der Waals surface area contributed by atoms with Crippen molar-refractivity contribution in [1.82, 2.24) is 10.2 Å². The number of nitrogens with one attached hydrogen (secondary N) is 2. The molecule has 2 N–H and O–H groups in total. The highest BCUT2D eigenvalue weighted by Gasteiger charge is 2.28. The molecule has 0 saturated heterocycles. The molecule has 2 rings (SSSR count). The zero-order valence-corrected chi connectivity index (χ0v) is 17.3. The van der Waals surface area contributed by atoms with Crippen LogP contribution >= 0.6 is 11.6 Å². The van der Waals surface area contributed by atoms with Crippen LogP contribution in [0.1, 0.15) is 33.1 Å². The zero-order chi connectivity index (χ0) is 20.0. The van der Waals surface area contributed by atoms with E-state index in [2.05, 4.69) is 24.5 Å². The second-order valence-electron chi connectivity index (χ2n) is 7.51. The van der Waals surface area contributed by atoms with E-state index in [-0.39, 0.29) is 30.9 Å². The first-order valence-electron chi connectivity index (χ1n) is 9.41. The second-order valence-corrected chi connectivity index (χ2v) is 7.94. The highest BCUT2D eigenvalue weighted by Crippen LogP contribution is 2.29. The minimum atomic E-state index is -0.231. The average Bonchev–Trinajstić information content (AvgIpc) is 2.58. The fourth-order valence-corrected chi connectivity index (χ4v) is 3.72. The Morgan fingerprint density at radius 3 is 2.63 bits per heavy atom. The average molecular weight is 396 g/mol. The van der Waals surface area contributed by atoms with Crippen LogP contribution in [-0.2, 0) is 9.59 Å². The maximum atomic E-state index is 12.3. The molecule has 1 fully saturated rings. The maximum absolute atomic E-state index is 12.3. The number of likely N-dealkylation sites (N-methyl/N-ethyl adjacent to an activating group) is 1. The number of hydrogen-bond donors (Lipinski definition) is 2. The van der Waals surface area contributed by atoms with Gasteiger partial charge in [-0.2, -0.15) is 0 Å². The number of methoxy groups -OCH3 is 1. The second kappa shape index (κ2) is 9.95. The molecule has 0 aromatic heterocycles. The number of benzene rings is 1. The van der Waals surface area contributed by atoms with Crippen molar-refractivity contribution in [2.24, 2.45) is 11.8 Å². The number of hydrogen-bond acceptors (Lipinski definition) is 4. The van der Waals surface area contributed by atoms with Gasteiger partial charge in [0.25, 0.3) is 0 Å². The molecule has 0 heterocycles. The molecule has 27 heavy (non-hydrogen) atoms. The van der Waals surface area contributed by atoms with E-state index in [9.17, 15) is 9.59 Å². The SMILES string of the molecule is COc1ccc(Cl)cc1NC(=O)CN(C)CC(=O)NC1CCCC(C)C1C. The standard InChI is InChI=1S/C20H30ClN3O3/c1-13-6-5-7-16(14(13)2)22-19(25)11-24(3)12-20(26)23-17-10-15(21)8-9-18(17)27-4/h8-10,13-14,16H,5-7,11-12H2,1-4H3,(H,22,25)(H,23,26). The van der Waals surface area contributed by atoms with Crippen LogP contribution in [-0.4, -0.2) is 50.0 Å². The summed E-state index contributed by atoms with van der Waals surface area (Å²) in [6, 6.07) is 5.25. The van der Waals surface area contributed by atoms with Gasteiger partial charge in [0.05, 0.1) is 25.9 Å². The van der Waals surface area contributed by atoms with Gasteiger partial charge in [0.15, 0.2) is 0 Å². The summed E-state index contributed by atoms with van der Waals surface area (Å²) in [6.45, 7) is 4.71. The summed E-state index contributed by atoms with van der Waals surface area (Å²) in [5.74, 6) is 1.36. The highest BCUT2D eigenvalue weighted by atomic mass is 35.5.